The molecule has 0 aromatic carbocycles. The molecule has 0 aromatic rings. The van der Waals surface area contributed by atoms with Crippen LogP contribution in [0.4, 0.5) is 0 Å². The van der Waals surface area contributed by atoms with Gasteiger partial charge in [-0.25, -0.2) is 0 Å². The first-order valence-corrected chi connectivity index (χ1v) is 4.34. The van der Waals surface area contributed by atoms with Gasteiger partial charge in [0.1, 0.15) is 6.07 Å². The molecule has 0 aliphatic heterocycles. The molecule has 0 aromatic heterocycles. The van der Waals surface area contributed by atoms with Gasteiger partial charge in [0.2, 0.25) is 0 Å². The Morgan fingerprint density at radius 1 is 1.78 bits per heavy atom. The van der Waals surface area contributed by atoms with Crippen molar-refractivity contribution in [2.45, 2.75) is 3.42 Å². The first kappa shape index (κ1) is 9.47. The number of halogens is 2. The van der Waals surface area contributed by atoms with Crippen LogP contribution in [0.1, 0.15) is 0 Å². The van der Waals surface area contributed by atoms with Gasteiger partial charge in [0.25, 0.3) is 0 Å². The maximum Gasteiger partial charge on any atom is 0.698 e. The Bertz CT molecular complexity index is 164. The number of hydrogen-bond acceptors (Lipinski definition) is 3. The van der Waals surface area contributed by atoms with Crippen LogP contribution in [0.3, 0.4) is 0 Å². The average Bonchev–Trinajstić information content (AvgIpc) is 1.63. The van der Waals surface area contributed by atoms with Crippen molar-refractivity contribution in [1.29, 1.82) is 5.26 Å². The van der Waals surface area contributed by atoms with Gasteiger partial charge in [0, 0.05) is 4.57 Å². The van der Waals surface area contributed by atoms with Crippen LogP contribution in [0.15, 0.2) is 0 Å². The Balaban J connectivity index is 3.91. The standard InChI is InChI=1S/C2Br2NO3P/c3-2(4,1-5)8-9(6)7/p+1. The van der Waals surface area contributed by atoms with Crippen molar-refractivity contribution in [2.75, 3.05) is 0 Å². The molecule has 0 spiro atoms. The van der Waals surface area contributed by atoms with Crippen molar-refractivity contribution in [1.82, 2.24) is 0 Å². The summed E-state index contributed by atoms with van der Waals surface area (Å²) in [5.74, 6) is 0. The summed E-state index contributed by atoms with van der Waals surface area (Å²) in [7, 11) is -2.76. The summed E-state index contributed by atoms with van der Waals surface area (Å²) in [5, 5.41) is 8.13. The lowest BCUT2D eigenvalue weighted by atomic mass is 10.8. The fourth-order valence-electron chi connectivity index (χ4n) is 0.118. The first-order chi connectivity index (χ1) is 3.98. The molecular weight excluding hydrogens is 277 g/mol. The average molecular weight is 278 g/mol. The maximum absolute atomic E-state index is 9.89. The van der Waals surface area contributed by atoms with E-state index in [2.05, 4.69) is 36.4 Å². The second kappa shape index (κ2) is 3.59. The van der Waals surface area contributed by atoms with Gasteiger partial charge in [-0.05, 0) is 31.9 Å². The topological polar surface area (TPSA) is 70.3 Å². The van der Waals surface area contributed by atoms with Crippen molar-refractivity contribution in [2.24, 2.45) is 0 Å². The third-order valence-electron chi connectivity index (χ3n) is 0.323. The van der Waals surface area contributed by atoms with Gasteiger partial charge in [0.05, 0.1) is 0 Å². The molecule has 0 heterocycles. The lowest BCUT2D eigenvalue weighted by Gasteiger charge is -1.97. The van der Waals surface area contributed by atoms with Crippen molar-refractivity contribution in [3.05, 3.63) is 0 Å². The fraction of sp³-hybridized carbons (Fsp3) is 0.500. The fourth-order valence-corrected chi connectivity index (χ4v) is 1.10. The van der Waals surface area contributed by atoms with Crippen molar-refractivity contribution >= 4 is 40.1 Å². The molecule has 0 amide bonds. The van der Waals surface area contributed by atoms with Crippen LogP contribution >= 0.6 is 40.1 Å². The van der Waals surface area contributed by atoms with Crippen LogP contribution < -0.4 is 0 Å². The Kier molecular flexibility index (Phi) is 3.78. The van der Waals surface area contributed by atoms with E-state index in [1.807, 2.05) is 0 Å². The minimum atomic E-state index is -2.76. The summed E-state index contributed by atoms with van der Waals surface area (Å²) in [6, 6.07) is 1.54. The molecular formula is C2HBr2NO3P+. The summed E-state index contributed by atoms with van der Waals surface area (Å²) in [5.41, 5.74) is 0. The molecule has 0 aliphatic carbocycles. The van der Waals surface area contributed by atoms with E-state index in [4.69, 9.17) is 10.2 Å². The molecule has 0 radical (unpaired) electrons. The summed E-state index contributed by atoms with van der Waals surface area (Å²) >= 11 is 5.34. The second-order valence-corrected chi connectivity index (χ2v) is 4.91. The van der Waals surface area contributed by atoms with Gasteiger partial charge < -0.3 is 0 Å². The normalized spacial score (nSPS) is 12.4. The summed E-state index contributed by atoms with van der Waals surface area (Å²) in [4.78, 5) is 8.10. The predicted molar refractivity (Wildman–Crippen MR) is 37.1 cm³/mol. The Hall–Kier alpha value is 0.470. The van der Waals surface area contributed by atoms with Gasteiger partial charge >= 0.3 is 11.7 Å². The zero-order valence-electron chi connectivity index (χ0n) is 3.91. The Morgan fingerprint density at radius 2 is 2.22 bits per heavy atom. The predicted octanol–water partition coefficient (Wildman–Crippen LogP) is 1.62. The van der Waals surface area contributed by atoms with Crippen LogP contribution in [0.5, 0.6) is 0 Å². The van der Waals surface area contributed by atoms with Crippen LogP contribution in [-0.4, -0.2) is 8.31 Å². The van der Waals surface area contributed by atoms with E-state index in [9.17, 15) is 4.57 Å². The molecule has 0 bridgehead atoms. The minimum absolute atomic E-state index is 1.54. The Labute approximate surface area is 69.0 Å². The van der Waals surface area contributed by atoms with E-state index in [-0.39, 0.29) is 0 Å². The van der Waals surface area contributed by atoms with E-state index < -0.39 is 11.7 Å². The highest BCUT2D eigenvalue weighted by Crippen LogP contribution is 2.35. The smallest absolute Gasteiger partial charge is 0.193 e. The van der Waals surface area contributed by atoms with E-state index >= 15 is 0 Å². The molecule has 1 atom stereocenters. The van der Waals surface area contributed by atoms with Crippen molar-refractivity contribution < 1.29 is 14.0 Å². The molecule has 0 fully saturated rings. The maximum atomic E-state index is 9.89. The molecule has 0 aliphatic rings. The van der Waals surface area contributed by atoms with E-state index in [0.29, 0.717) is 0 Å². The van der Waals surface area contributed by atoms with Gasteiger partial charge in [-0.2, -0.15) is 5.26 Å². The molecule has 4 nitrogen and oxygen atoms in total. The van der Waals surface area contributed by atoms with Crippen LogP contribution in [0.2, 0.25) is 0 Å². The second-order valence-electron chi connectivity index (χ2n) is 0.958. The third kappa shape index (κ3) is 4.94. The molecule has 1 unspecified atom stereocenters. The van der Waals surface area contributed by atoms with Crippen LogP contribution in [-0.2, 0) is 9.09 Å². The summed E-state index contributed by atoms with van der Waals surface area (Å²) in [6.45, 7) is 0. The molecule has 7 heteroatoms. The highest BCUT2D eigenvalue weighted by atomic mass is 79.9. The van der Waals surface area contributed by atoms with Crippen molar-refractivity contribution in [3.8, 4) is 6.07 Å². The van der Waals surface area contributed by atoms with E-state index in [1.165, 1.54) is 6.07 Å². The molecule has 0 saturated heterocycles. The molecule has 0 saturated carbocycles. The largest absolute Gasteiger partial charge is 0.698 e. The number of nitrogens with zero attached hydrogens (tertiary/aromatic N) is 1. The molecule has 1 N–H and O–H groups in total. The highest BCUT2D eigenvalue weighted by Gasteiger charge is 2.35. The lowest BCUT2D eigenvalue weighted by Crippen LogP contribution is -2.07. The SMILES string of the molecule is N#CC(Br)(Br)O[P+](=O)O. The lowest BCUT2D eigenvalue weighted by molar-refractivity contribution is 0.284. The van der Waals surface area contributed by atoms with Gasteiger partial charge in [-0.3, -0.25) is 0 Å². The number of nitriles is 1. The zero-order valence-corrected chi connectivity index (χ0v) is 7.98. The number of hydrogen-bond donors (Lipinski definition) is 1. The summed E-state index contributed by atoms with van der Waals surface area (Å²) in [6.07, 6.45) is 0. The Morgan fingerprint density at radius 3 is 2.33 bits per heavy atom. The quantitative estimate of drug-likeness (QED) is 0.615. The number of rotatable bonds is 2. The highest BCUT2D eigenvalue weighted by molar-refractivity contribution is 9.25. The van der Waals surface area contributed by atoms with Crippen LogP contribution in [0.25, 0.3) is 0 Å². The van der Waals surface area contributed by atoms with Crippen molar-refractivity contribution in [3.63, 3.8) is 0 Å². The van der Waals surface area contributed by atoms with Gasteiger partial charge in [-0.1, -0.05) is 4.52 Å². The summed E-state index contributed by atoms with van der Waals surface area (Å²) < 4.78 is 12.5. The van der Waals surface area contributed by atoms with Gasteiger partial charge in [-0.15, -0.1) is 4.89 Å². The molecule has 9 heavy (non-hydrogen) atoms. The molecule has 0 rings (SSSR count). The minimum Gasteiger partial charge on any atom is -0.193 e. The molecule has 50 valence electrons. The monoisotopic (exact) mass is 276 g/mol. The zero-order chi connectivity index (χ0) is 7.49. The van der Waals surface area contributed by atoms with Crippen LogP contribution in [0, 0.1) is 11.3 Å². The van der Waals surface area contributed by atoms with E-state index in [0.717, 1.165) is 0 Å². The van der Waals surface area contributed by atoms with Gasteiger partial charge in [0.15, 0.2) is 0 Å². The first-order valence-electron chi connectivity index (χ1n) is 1.62. The van der Waals surface area contributed by atoms with E-state index in [1.54, 1.807) is 0 Å². The number of alkyl halides is 2. The third-order valence-corrected chi connectivity index (χ3v) is 1.93.